The Morgan fingerprint density at radius 1 is 0.727 bits per heavy atom. The lowest BCUT2D eigenvalue weighted by Gasteiger charge is -2.23. The van der Waals surface area contributed by atoms with Crippen molar-refractivity contribution in [2.75, 3.05) is 13.1 Å². The van der Waals surface area contributed by atoms with Gasteiger partial charge in [0, 0.05) is 25.9 Å². The summed E-state index contributed by atoms with van der Waals surface area (Å²) < 4.78 is 0. The monoisotopic (exact) mass is 312 g/mol. The molecule has 2 N–H and O–H groups in total. The van der Waals surface area contributed by atoms with Crippen LogP contribution in [0.1, 0.15) is 90.9 Å². The topological polar surface area (TPSA) is 63.4 Å². The Hall–Kier alpha value is -1.06. The molecule has 0 saturated carbocycles. The number of rotatable bonds is 15. The van der Waals surface area contributed by atoms with Crippen LogP contribution in [0.4, 0.5) is 0 Å². The molecule has 0 fully saturated rings. The van der Waals surface area contributed by atoms with Gasteiger partial charge in [-0.3, -0.25) is 9.59 Å². The molecule has 0 aromatic rings. The maximum Gasteiger partial charge on any atom is 0.222 e. The van der Waals surface area contributed by atoms with Crippen LogP contribution < -0.4 is 5.73 Å². The third-order valence-electron chi connectivity index (χ3n) is 3.98. The zero-order valence-electron chi connectivity index (χ0n) is 14.7. The number of nitrogens with two attached hydrogens (primary N) is 1. The van der Waals surface area contributed by atoms with Crippen molar-refractivity contribution in [3.05, 3.63) is 0 Å². The molecule has 130 valence electrons. The Bertz CT molecular complexity index is 281. The van der Waals surface area contributed by atoms with Crippen LogP contribution in [0.2, 0.25) is 0 Å². The van der Waals surface area contributed by atoms with Crippen molar-refractivity contribution in [1.82, 2.24) is 4.90 Å². The maximum atomic E-state index is 12.3. The molecule has 2 amide bonds. The van der Waals surface area contributed by atoms with Gasteiger partial charge in [0.2, 0.25) is 11.8 Å². The molecule has 0 atom stereocenters. The SMILES string of the molecule is CCCCCCN(CCCCCC)C(=O)CCCCC(N)=O. The minimum Gasteiger partial charge on any atom is -0.370 e. The predicted molar refractivity (Wildman–Crippen MR) is 92.5 cm³/mol. The highest BCUT2D eigenvalue weighted by atomic mass is 16.2. The average molecular weight is 312 g/mol. The summed E-state index contributed by atoms with van der Waals surface area (Å²) in [7, 11) is 0. The lowest BCUT2D eigenvalue weighted by Crippen LogP contribution is -2.32. The van der Waals surface area contributed by atoms with Crippen molar-refractivity contribution in [1.29, 1.82) is 0 Å². The molecule has 4 heteroatoms. The number of carbonyl (C=O) groups is 2. The molecule has 0 aromatic heterocycles. The number of primary amides is 1. The van der Waals surface area contributed by atoms with E-state index in [0.717, 1.165) is 38.8 Å². The summed E-state index contributed by atoms with van der Waals surface area (Å²) in [6.07, 6.45) is 12.0. The van der Waals surface area contributed by atoms with Crippen LogP contribution in [0.3, 0.4) is 0 Å². The van der Waals surface area contributed by atoms with E-state index < -0.39 is 0 Å². The van der Waals surface area contributed by atoms with E-state index in [0.29, 0.717) is 12.8 Å². The molecule has 0 aliphatic heterocycles. The molecule has 0 unspecified atom stereocenters. The molecule has 0 heterocycles. The summed E-state index contributed by atoms with van der Waals surface area (Å²) in [5, 5.41) is 0. The van der Waals surface area contributed by atoms with Crippen LogP contribution in [0.5, 0.6) is 0 Å². The number of hydrogen-bond donors (Lipinski definition) is 1. The first-order valence-corrected chi connectivity index (χ1v) is 9.17. The van der Waals surface area contributed by atoms with Gasteiger partial charge < -0.3 is 10.6 Å². The first-order chi connectivity index (χ1) is 10.6. The zero-order chi connectivity index (χ0) is 16.6. The second-order valence-corrected chi connectivity index (χ2v) is 6.18. The lowest BCUT2D eigenvalue weighted by molar-refractivity contribution is -0.131. The summed E-state index contributed by atoms with van der Waals surface area (Å²) in [5.74, 6) is -0.0269. The van der Waals surface area contributed by atoms with Gasteiger partial charge in [-0.05, 0) is 25.7 Å². The van der Waals surface area contributed by atoms with Crippen molar-refractivity contribution in [3.8, 4) is 0 Å². The molecule has 4 nitrogen and oxygen atoms in total. The number of carbonyl (C=O) groups excluding carboxylic acids is 2. The molecule has 0 aliphatic rings. The molecule has 0 radical (unpaired) electrons. The van der Waals surface area contributed by atoms with Crippen LogP contribution in [-0.4, -0.2) is 29.8 Å². The number of hydrogen-bond acceptors (Lipinski definition) is 2. The minimum atomic E-state index is -0.275. The third kappa shape index (κ3) is 12.7. The van der Waals surface area contributed by atoms with Crippen LogP contribution >= 0.6 is 0 Å². The van der Waals surface area contributed by atoms with Crippen molar-refractivity contribution in [2.24, 2.45) is 5.73 Å². The van der Waals surface area contributed by atoms with Gasteiger partial charge in [-0.2, -0.15) is 0 Å². The highest BCUT2D eigenvalue weighted by Crippen LogP contribution is 2.09. The molecule has 0 spiro atoms. The van der Waals surface area contributed by atoms with E-state index in [1.54, 1.807) is 0 Å². The van der Waals surface area contributed by atoms with Crippen molar-refractivity contribution >= 4 is 11.8 Å². The van der Waals surface area contributed by atoms with E-state index in [-0.39, 0.29) is 11.8 Å². The Morgan fingerprint density at radius 3 is 1.68 bits per heavy atom. The van der Waals surface area contributed by atoms with Crippen molar-refractivity contribution in [2.45, 2.75) is 90.9 Å². The van der Waals surface area contributed by atoms with Gasteiger partial charge in [-0.25, -0.2) is 0 Å². The van der Waals surface area contributed by atoms with E-state index in [2.05, 4.69) is 13.8 Å². The molecule has 0 bridgehead atoms. The quantitative estimate of drug-likeness (QED) is 0.464. The van der Waals surface area contributed by atoms with E-state index in [1.165, 1.54) is 38.5 Å². The van der Waals surface area contributed by atoms with Crippen molar-refractivity contribution < 1.29 is 9.59 Å². The molecule has 0 saturated heterocycles. The summed E-state index contributed by atoms with van der Waals surface area (Å²) in [5.41, 5.74) is 5.12. The van der Waals surface area contributed by atoms with Gasteiger partial charge in [-0.15, -0.1) is 0 Å². The summed E-state index contributed by atoms with van der Waals surface area (Å²) in [4.78, 5) is 25.1. The van der Waals surface area contributed by atoms with E-state index >= 15 is 0 Å². The Morgan fingerprint density at radius 2 is 1.23 bits per heavy atom. The average Bonchev–Trinajstić information content (AvgIpc) is 2.49. The Balaban J connectivity index is 4.05. The highest BCUT2D eigenvalue weighted by Gasteiger charge is 2.12. The van der Waals surface area contributed by atoms with Crippen molar-refractivity contribution in [3.63, 3.8) is 0 Å². The molecular weight excluding hydrogens is 276 g/mol. The van der Waals surface area contributed by atoms with Gasteiger partial charge in [0.15, 0.2) is 0 Å². The molecule has 0 aliphatic carbocycles. The largest absolute Gasteiger partial charge is 0.370 e. The summed E-state index contributed by atoms with van der Waals surface area (Å²) in [6.45, 7) is 6.18. The van der Waals surface area contributed by atoms with Crippen LogP contribution in [-0.2, 0) is 9.59 Å². The number of unbranched alkanes of at least 4 members (excludes halogenated alkanes) is 7. The minimum absolute atomic E-state index is 0.248. The Kier molecular flexibility index (Phi) is 14.1. The maximum absolute atomic E-state index is 12.3. The van der Waals surface area contributed by atoms with Gasteiger partial charge in [0.05, 0.1) is 0 Å². The fourth-order valence-electron chi connectivity index (χ4n) is 2.55. The molecule has 22 heavy (non-hydrogen) atoms. The highest BCUT2D eigenvalue weighted by molar-refractivity contribution is 5.76. The second-order valence-electron chi connectivity index (χ2n) is 6.18. The molecule has 0 rings (SSSR count). The number of amides is 2. The van der Waals surface area contributed by atoms with Gasteiger partial charge in [0.1, 0.15) is 0 Å². The van der Waals surface area contributed by atoms with Gasteiger partial charge >= 0.3 is 0 Å². The fourth-order valence-corrected chi connectivity index (χ4v) is 2.55. The van der Waals surface area contributed by atoms with Gasteiger partial charge in [0.25, 0.3) is 0 Å². The standard InChI is InChI=1S/C18H36N2O2/c1-3-5-7-11-15-20(16-12-8-6-4-2)18(22)14-10-9-13-17(19)21/h3-16H2,1-2H3,(H2,19,21). The predicted octanol–water partition coefficient (Wildman–Crippen LogP) is 4.02. The van der Waals surface area contributed by atoms with Crippen LogP contribution in [0.15, 0.2) is 0 Å². The molecule has 0 aromatic carbocycles. The summed E-state index contributed by atoms with van der Waals surface area (Å²) >= 11 is 0. The fraction of sp³-hybridized carbons (Fsp3) is 0.889. The van der Waals surface area contributed by atoms with Crippen LogP contribution in [0, 0.1) is 0 Å². The smallest absolute Gasteiger partial charge is 0.222 e. The van der Waals surface area contributed by atoms with E-state index in [1.807, 2.05) is 4.90 Å². The second kappa shape index (κ2) is 14.9. The molecular formula is C18H36N2O2. The van der Waals surface area contributed by atoms with E-state index in [4.69, 9.17) is 5.73 Å². The number of nitrogens with zero attached hydrogens (tertiary/aromatic N) is 1. The Labute approximate surface area is 136 Å². The van der Waals surface area contributed by atoms with E-state index in [9.17, 15) is 9.59 Å². The first-order valence-electron chi connectivity index (χ1n) is 9.17. The van der Waals surface area contributed by atoms with Crippen LogP contribution in [0.25, 0.3) is 0 Å². The normalized spacial score (nSPS) is 10.6. The first kappa shape index (κ1) is 20.9. The zero-order valence-corrected chi connectivity index (χ0v) is 14.7. The lowest BCUT2D eigenvalue weighted by atomic mass is 10.1. The van der Waals surface area contributed by atoms with Gasteiger partial charge in [-0.1, -0.05) is 52.4 Å². The third-order valence-corrected chi connectivity index (χ3v) is 3.98. The summed E-state index contributed by atoms with van der Waals surface area (Å²) in [6, 6.07) is 0.